The van der Waals surface area contributed by atoms with E-state index in [1.807, 2.05) is 55.5 Å². The van der Waals surface area contributed by atoms with E-state index >= 15 is 0 Å². The molecule has 0 aliphatic carbocycles. The first-order chi connectivity index (χ1) is 10.9. The summed E-state index contributed by atoms with van der Waals surface area (Å²) in [4.78, 5) is 23.5. The Hall–Kier alpha value is -2.34. The highest BCUT2D eigenvalue weighted by Crippen LogP contribution is 2.21. The van der Waals surface area contributed by atoms with Gasteiger partial charge in [0.25, 0.3) is 0 Å². The normalized spacial score (nSPS) is 11.6. The molecule has 23 heavy (non-hydrogen) atoms. The smallest absolute Gasteiger partial charge is 0.312 e. The fourth-order valence-electron chi connectivity index (χ4n) is 2.27. The maximum atomic E-state index is 12.3. The van der Waals surface area contributed by atoms with E-state index in [0.717, 1.165) is 21.3 Å². The van der Waals surface area contributed by atoms with Crippen LogP contribution in [-0.2, 0) is 4.79 Å². The zero-order valence-corrected chi connectivity index (χ0v) is 14.3. The summed E-state index contributed by atoms with van der Waals surface area (Å²) in [7, 11) is 0. The number of halogens is 1. The monoisotopic (exact) mass is 375 g/mol. The third-order valence-electron chi connectivity index (χ3n) is 3.26. The SMILES string of the molecule is Cc1cccc(NC(=O)CC(NC(N)=O)c2cccc(Br)c2)c1. The zero-order valence-electron chi connectivity index (χ0n) is 12.7. The Labute approximate surface area is 143 Å². The van der Waals surface area contributed by atoms with Crippen molar-refractivity contribution < 1.29 is 9.59 Å². The second kappa shape index (κ2) is 7.78. The van der Waals surface area contributed by atoms with Gasteiger partial charge < -0.3 is 16.4 Å². The Balaban J connectivity index is 2.11. The van der Waals surface area contributed by atoms with Gasteiger partial charge in [-0.3, -0.25) is 4.79 Å². The Morgan fingerprint density at radius 2 is 1.91 bits per heavy atom. The largest absolute Gasteiger partial charge is 0.352 e. The predicted octanol–water partition coefficient (Wildman–Crippen LogP) is 3.50. The molecule has 0 heterocycles. The van der Waals surface area contributed by atoms with Crippen LogP contribution < -0.4 is 16.4 Å². The first kappa shape index (κ1) is 17.0. The second-order valence-electron chi connectivity index (χ2n) is 5.24. The van der Waals surface area contributed by atoms with Gasteiger partial charge in [-0.15, -0.1) is 0 Å². The molecule has 0 bridgehead atoms. The standard InChI is InChI=1S/C17H18BrN3O2/c1-11-4-2-7-14(8-11)20-16(22)10-15(21-17(19)23)12-5-3-6-13(18)9-12/h2-9,15H,10H2,1H3,(H,20,22)(H3,19,21,23). The predicted molar refractivity (Wildman–Crippen MR) is 94.0 cm³/mol. The van der Waals surface area contributed by atoms with Crippen LogP contribution in [0.1, 0.15) is 23.6 Å². The molecule has 120 valence electrons. The topological polar surface area (TPSA) is 84.2 Å². The Bertz CT molecular complexity index is 718. The van der Waals surface area contributed by atoms with E-state index in [2.05, 4.69) is 26.6 Å². The molecule has 0 radical (unpaired) electrons. The summed E-state index contributed by atoms with van der Waals surface area (Å²) < 4.78 is 0.866. The van der Waals surface area contributed by atoms with E-state index in [9.17, 15) is 9.59 Å². The molecular formula is C17H18BrN3O2. The Morgan fingerprint density at radius 3 is 2.57 bits per heavy atom. The van der Waals surface area contributed by atoms with Crippen molar-refractivity contribution in [1.82, 2.24) is 5.32 Å². The van der Waals surface area contributed by atoms with E-state index in [1.54, 1.807) is 0 Å². The number of amides is 3. The van der Waals surface area contributed by atoms with E-state index in [0.29, 0.717) is 0 Å². The molecule has 2 aromatic rings. The van der Waals surface area contributed by atoms with Crippen LogP contribution in [-0.4, -0.2) is 11.9 Å². The van der Waals surface area contributed by atoms with Gasteiger partial charge in [-0.2, -0.15) is 0 Å². The maximum absolute atomic E-state index is 12.3. The number of nitrogens with two attached hydrogens (primary N) is 1. The summed E-state index contributed by atoms with van der Waals surface area (Å²) in [5, 5.41) is 5.44. The third kappa shape index (κ3) is 5.41. The van der Waals surface area contributed by atoms with Crippen LogP contribution in [0.4, 0.5) is 10.5 Å². The molecule has 6 heteroatoms. The lowest BCUT2D eigenvalue weighted by Crippen LogP contribution is -2.35. The number of urea groups is 1. The number of primary amides is 1. The highest BCUT2D eigenvalue weighted by molar-refractivity contribution is 9.10. The number of hydrogen-bond acceptors (Lipinski definition) is 2. The molecule has 0 aliphatic rings. The number of carbonyl (C=O) groups is 2. The van der Waals surface area contributed by atoms with E-state index in [-0.39, 0.29) is 12.3 Å². The van der Waals surface area contributed by atoms with Gasteiger partial charge in [0.15, 0.2) is 0 Å². The lowest BCUT2D eigenvalue weighted by molar-refractivity contribution is -0.116. The summed E-state index contributed by atoms with van der Waals surface area (Å²) in [6.07, 6.45) is 0.0906. The van der Waals surface area contributed by atoms with Crippen molar-refractivity contribution in [1.29, 1.82) is 0 Å². The molecule has 0 fully saturated rings. The van der Waals surface area contributed by atoms with Crippen LogP contribution in [0.3, 0.4) is 0 Å². The molecule has 0 aromatic heterocycles. The Kier molecular flexibility index (Phi) is 5.76. The molecule has 0 spiro atoms. The number of hydrogen-bond donors (Lipinski definition) is 3. The molecule has 0 saturated heterocycles. The number of nitrogens with one attached hydrogen (secondary N) is 2. The van der Waals surface area contributed by atoms with Gasteiger partial charge in [-0.25, -0.2) is 4.79 Å². The van der Waals surface area contributed by atoms with Gasteiger partial charge in [0, 0.05) is 10.2 Å². The number of benzene rings is 2. The highest BCUT2D eigenvalue weighted by Gasteiger charge is 2.18. The van der Waals surface area contributed by atoms with Crippen molar-refractivity contribution in [2.24, 2.45) is 5.73 Å². The van der Waals surface area contributed by atoms with Crippen LogP contribution in [0.5, 0.6) is 0 Å². The Morgan fingerprint density at radius 1 is 1.17 bits per heavy atom. The first-order valence-corrected chi connectivity index (χ1v) is 7.91. The van der Waals surface area contributed by atoms with Crippen molar-refractivity contribution in [3.05, 3.63) is 64.1 Å². The number of carbonyl (C=O) groups excluding carboxylic acids is 2. The summed E-state index contributed by atoms with van der Waals surface area (Å²) >= 11 is 3.38. The van der Waals surface area contributed by atoms with Crippen molar-refractivity contribution in [3.8, 4) is 0 Å². The van der Waals surface area contributed by atoms with E-state index in [1.165, 1.54) is 0 Å². The van der Waals surface area contributed by atoms with Crippen LogP contribution in [0.25, 0.3) is 0 Å². The van der Waals surface area contributed by atoms with Gasteiger partial charge in [0.2, 0.25) is 5.91 Å². The molecule has 1 unspecified atom stereocenters. The van der Waals surface area contributed by atoms with Gasteiger partial charge in [0.1, 0.15) is 0 Å². The molecule has 3 amide bonds. The van der Waals surface area contributed by atoms with Crippen LogP contribution in [0.2, 0.25) is 0 Å². The third-order valence-corrected chi connectivity index (χ3v) is 3.75. The summed E-state index contributed by atoms with van der Waals surface area (Å²) in [6, 6.07) is 13.8. The molecule has 4 N–H and O–H groups in total. The minimum Gasteiger partial charge on any atom is -0.352 e. The van der Waals surface area contributed by atoms with E-state index in [4.69, 9.17) is 5.73 Å². The first-order valence-electron chi connectivity index (χ1n) is 7.12. The molecule has 0 aliphatic heterocycles. The van der Waals surface area contributed by atoms with Crippen LogP contribution >= 0.6 is 15.9 Å². The average molecular weight is 376 g/mol. The van der Waals surface area contributed by atoms with E-state index < -0.39 is 12.1 Å². The minimum atomic E-state index is -0.668. The lowest BCUT2D eigenvalue weighted by Gasteiger charge is -2.18. The number of anilines is 1. The minimum absolute atomic E-state index is 0.0906. The summed E-state index contributed by atoms with van der Waals surface area (Å²) in [5.74, 6) is -0.200. The number of rotatable bonds is 5. The van der Waals surface area contributed by atoms with Crippen LogP contribution in [0.15, 0.2) is 53.0 Å². The fourth-order valence-corrected chi connectivity index (χ4v) is 2.68. The molecule has 2 rings (SSSR count). The molecule has 5 nitrogen and oxygen atoms in total. The van der Waals surface area contributed by atoms with Crippen LogP contribution in [0, 0.1) is 6.92 Å². The van der Waals surface area contributed by atoms with Crippen molar-refractivity contribution >= 4 is 33.6 Å². The van der Waals surface area contributed by atoms with Gasteiger partial charge in [0.05, 0.1) is 12.5 Å². The number of aryl methyl sites for hydroxylation is 1. The lowest BCUT2D eigenvalue weighted by atomic mass is 10.0. The molecule has 1 atom stereocenters. The molecular weight excluding hydrogens is 358 g/mol. The van der Waals surface area contributed by atoms with Crippen molar-refractivity contribution in [3.63, 3.8) is 0 Å². The average Bonchev–Trinajstić information content (AvgIpc) is 2.46. The molecule has 2 aromatic carbocycles. The van der Waals surface area contributed by atoms with Crippen molar-refractivity contribution in [2.45, 2.75) is 19.4 Å². The zero-order chi connectivity index (χ0) is 16.8. The maximum Gasteiger partial charge on any atom is 0.312 e. The molecule has 0 saturated carbocycles. The summed E-state index contributed by atoms with van der Waals surface area (Å²) in [5.41, 5.74) is 7.81. The van der Waals surface area contributed by atoms with Gasteiger partial charge in [-0.05, 0) is 42.3 Å². The van der Waals surface area contributed by atoms with Gasteiger partial charge in [-0.1, -0.05) is 40.2 Å². The van der Waals surface area contributed by atoms with Crippen molar-refractivity contribution in [2.75, 3.05) is 5.32 Å². The van der Waals surface area contributed by atoms with Gasteiger partial charge >= 0.3 is 6.03 Å². The second-order valence-corrected chi connectivity index (χ2v) is 6.15. The highest BCUT2D eigenvalue weighted by atomic mass is 79.9. The fraction of sp³-hybridized carbons (Fsp3) is 0.176. The summed E-state index contributed by atoms with van der Waals surface area (Å²) in [6.45, 7) is 1.95. The quantitative estimate of drug-likeness (QED) is 0.746.